The maximum Gasteiger partial charge on any atom is 0.251 e. The Kier molecular flexibility index (Phi) is 7.83. The number of anilines is 1. The third-order valence-corrected chi connectivity index (χ3v) is 9.32. The highest BCUT2D eigenvalue weighted by Crippen LogP contribution is 2.42. The number of hydrogen-bond acceptors (Lipinski definition) is 6. The number of carbonyl (C=O) groups is 3. The van der Waals surface area contributed by atoms with Crippen molar-refractivity contribution in [2.75, 3.05) is 50.8 Å². The standard InChI is InChI=1S/C30H44N4O4/c1-5-32-14-16-33(17-15-32)22-12-10-21(11-13-22)28(36)31-25(20-8-6-7-9-20)29(37)34-18-23(30(2,3)4)27-26(34)24(35)19-38-27/h10-13,20,23,25-27H,5-9,14-19H2,1-4H3,(H,31,36)/t23-,25+,26-,27-/m1/s1. The van der Waals surface area contributed by atoms with Crippen molar-refractivity contribution >= 4 is 23.3 Å². The van der Waals surface area contributed by atoms with Gasteiger partial charge in [-0.2, -0.15) is 0 Å². The Balaban J connectivity index is 1.31. The van der Waals surface area contributed by atoms with Crippen molar-refractivity contribution < 1.29 is 19.1 Å². The highest BCUT2D eigenvalue weighted by atomic mass is 16.5. The minimum absolute atomic E-state index is 0.0260. The van der Waals surface area contributed by atoms with Crippen LogP contribution in [0.15, 0.2) is 24.3 Å². The number of likely N-dealkylation sites (N-methyl/N-ethyl adjacent to an activating group) is 1. The second-order valence-corrected chi connectivity index (χ2v) is 12.6. The Morgan fingerprint density at radius 2 is 1.71 bits per heavy atom. The summed E-state index contributed by atoms with van der Waals surface area (Å²) in [7, 11) is 0. The van der Waals surface area contributed by atoms with Crippen LogP contribution in [0.3, 0.4) is 0 Å². The zero-order chi connectivity index (χ0) is 27.0. The fourth-order valence-corrected chi connectivity index (χ4v) is 6.87. The van der Waals surface area contributed by atoms with Gasteiger partial charge < -0.3 is 24.8 Å². The van der Waals surface area contributed by atoms with E-state index in [9.17, 15) is 14.4 Å². The van der Waals surface area contributed by atoms with E-state index in [2.05, 4.69) is 42.8 Å². The molecule has 3 saturated heterocycles. The van der Waals surface area contributed by atoms with Crippen LogP contribution in [0.2, 0.25) is 0 Å². The molecule has 3 heterocycles. The van der Waals surface area contributed by atoms with Crippen molar-refractivity contribution in [3.05, 3.63) is 29.8 Å². The predicted octanol–water partition coefficient (Wildman–Crippen LogP) is 2.96. The van der Waals surface area contributed by atoms with Crippen molar-refractivity contribution in [2.45, 2.75) is 71.6 Å². The summed E-state index contributed by atoms with van der Waals surface area (Å²) in [5.74, 6) is -0.215. The van der Waals surface area contributed by atoms with E-state index in [1.54, 1.807) is 4.90 Å². The van der Waals surface area contributed by atoms with Crippen LogP contribution in [0, 0.1) is 17.3 Å². The maximum atomic E-state index is 14.1. The van der Waals surface area contributed by atoms with Crippen LogP contribution in [0.5, 0.6) is 0 Å². The monoisotopic (exact) mass is 524 g/mol. The number of amides is 2. The van der Waals surface area contributed by atoms with Gasteiger partial charge in [-0.3, -0.25) is 14.4 Å². The first-order valence-electron chi connectivity index (χ1n) is 14.5. The number of piperazine rings is 1. The number of ether oxygens (including phenoxy) is 1. The van der Waals surface area contributed by atoms with Gasteiger partial charge in [-0.05, 0) is 55.0 Å². The molecule has 0 aromatic heterocycles. The number of likely N-dealkylation sites (tertiary alicyclic amines) is 1. The SMILES string of the molecule is CCN1CCN(c2ccc(C(=O)N[C@H](C(=O)N3C[C@@H](C(C)(C)C)[C@H]4OCC(=O)[C@H]43)C3CCCC3)cc2)CC1. The Bertz CT molecular complexity index is 1020. The average Bonchev–Trinajstić information content (AvgIpc) is 3.66. The van der Waals surface area contributed by atoms with Gasteiger partial charge in [0.15, 0.2) is 5.78 Å². The molecule has 4 atom stereocenters. The van der Waals surface area contributed by atoms with E-state index in [-0.39, 0.29) is 47.6 Å². The van der Waals surface area contributed by atoms with E-state index in [0.29, 0.717) is 12.1 Å². The molecular weight excluding hydrogens is 480 g/mol. The van der Waals surface area contributed by atoms with E-state index in [1.165, 1.54) is 0 Å². The van der Waals surface area contributed by atoms with Gasteiger partial charge in [0.05, 0.1) is 6.10 Å². The second kappa shape index (κ2) is 11.0. The van der Waals surface area contributed by atoms with Crippen molar-refractivity contribution in [3.63, 3.8) is 0 Å². The van der Waals surface area contributed by atoms with E-state index < -0.39 is 12.1 Å². The van der Waals surface area contributed by atoms with Crippen LogP contribution in [-0.4, -0.2) is 91.5 Å². The number of Topliss-reactive ketones (excluding diaryl/α,β-unsaturated/α-hetero) is 1. The molecule has 4 aliphatic rings. The lowest BCUT2D eigenvalue weighted by molar-refractivity contribution is -0.139. The van der Waals surface area contributed by atoms with Gasteiger partial charge in [-0.1, -0.05) is 40.5 Å². The molecule has 208 valence electrons. The fourth-order valence-electron chi connectivity index (χ4n) is 6.87. The Morgan fingerprint density at radius 1 is 1.05 bits per heavy atom. The molecule has 0 spiro atoms. The van der Waals surface area contributed by atoms with Gasteiger partial charge in [0.1, 0.15) is 18.7 Å². The number of rotatable bonds is 6. The zero-order valence-electron chi connectivity index (χ0n) is 23.4. The molecule has 1 aliphatic carbocycles. The summed E-state index contributed by atoms with van der Waals surface area (Å²) in [4.78, 5) is 46.8. The molecule has 38 heavy (non-hydrogen) atoms. The van der Waals surface area contributed by atoms with E-state index in [0.717, 1.165) is 64.1 Å². The van der Waals surface area contributed by atoms with Gasteiger partial charge in [0, 0.05) is 49.9 Å². The summed E-state index contributed by atoms with van der Waals surface area (Å²) in [5, 5.41) is 3.11. The molecule has 0 radical (unpaired) electrons. The summed E-state index contributed by atoms with van der Waals surface area (Å²) in [6, 6.07) is 6.58. The van der Waals surface area contributed by atoms with Crippen LogP contribution < -0.4 is 10.2 Å². The number of fused-ring (bicyclic) bond motifs is 1. The minimum atomic E-state index is -0.625. The van der Waals surface area contributed by atoms with Crippen LogP contribution in [-0.2, 0) is 14.3 Å². The van der Waals surface area contributed by atoms with Crippen LogP contribution in [0.4, 0.5) is 5.69 Å². The zero-order valence-corrected chi connectivity index (χ0v) is 23.4. The molecule has 2 amide bonds. The molecule has 1 saturated carbocycles. The first kappa shape index (κ1) is 27.1. The first-order chi connectivity index (χ1) is 18.2. The molecule has 1 N–H and O–H groups in total. The normalized spacial score (nSPS) is 27.6. The lowest BCUT2D eigenvalue weighted by Crippen LogP contribution is -2.54. The molecule has 8 nitrogen and oxygen atoms in total. The Labute approximate surface area is 227 Å². The van der Waals surface area contributed by atoms with Gasteiger partial charge in [-0.25, -0.2) is 0 Å². The quantitative estimate of drug-likeness (QED) is 0.616. The minimum Gasteiger partial charge on any atom is -0.369 e. The van der Waals surface area contributed by atoms with Gasteiger partial charge >= 0.3 is 0 Å². The Morgan fingerprint density at radius 3 is 2.32 bits per heavy atom. The summed E-state index contributed by atoms with van der Waals surface area (Å²) in [6.45, 7) is 14.3. The number of nitrogens with one attached hydrogen (secondary N) is 1. The van der Waals surface area contributed by atoms with E-state index in [4.69, 9.17) is 4.74 Å². The van der Waals surface area contributed by atoms with Crippen LogP contribution in [0.25, 0.3) is 0 Å². The number of nitrogens with zero attached hydrogens (tertiary/aromatic N) is 3. The highest BCUT2D eigenvalue weighted by molar-refractivity contribution is 5.99. The summed E-state index contributed by atoms with van der Waals surface area (Å²) < 4.78 is 5.90. The number of ketones is 1. The Hall–Kier alpha value is -2.45. The van der Waals surface area contributed by atoms with Gasteiger partial charge in [-0.15, -0.1) is 0 Å². The summed E-state index contributed by atoms with van der Waals surface area (Å²) in [6.07, 6.45) is 3.67. The molecule has 1 aromatic carbocycles. The van der Waals surface area contributed by atoms with Crippen LogP contribution in [0.1, 0.15) is 63.7 Å². The van der Waals surface area contributed by atoms with E-state index >= 15 is 0 Å². The molecule has 0 unspecified atom stereocenters. The third kappa shape index (κ3) is 5.34. The molecule has 4 fully saturated rings. The number of benzene rings is 1. The van der Waals surface area contributed by atoms with Crippen LogP contribution >= 0.6 is 0 Å². The lowest BCUT2D eigenvalue weighted by atomic mass is 9.78. The molecule has 8 heteroatoms. The average molecular weight is 525 g/mol. The highest BCUT2D eigenvalue weighted by Gasteiger charge is 2.56. The smallest absolute Gasteiger partial charge is 0.251 e. The predicted molar refractivity (Wildman–Crippen MR) is 147 cm³/mol. The van der Waals surface area contributed by atoms with Crippen molar-refractivity contribution in [3.8, 4) is 0 Å². The van der Waals surface area contributed by atoms with Gasteiger partial charge in [0.2, 0.25) is 5.91 Å². The molecule has 1 aromatic rings. The molecule has 5 rings (SSSR count). The van der Waals surface area contributed by atoms with Crippen molar-refractivity contribution in [2.24, 2.45) is 17.3 Å². The number of hydrogen-bond donors (Lipinski definition) is 1. The summed E-state index contributed by atoms with van der Waals surface area (Å²) in [5.41, 5.74) is 1.58. The van der Waals surface area contributed by atoms with Crippen molar-refractivity contribution in [1.29, 1.82) is 0 Å². The van der Waals surface area contributed by atoms with E-state index in [1.807, 2.05) is 24.3 Å². The largest absolute Gasteiger partial charge is 0.369 e. The third-order valence-electron chi connectivity index (χ3n) is 9.32. The number of carbonyl (C=O) groups excluding carboxylic acids is 3. The second-order valence-electron chi connectivity index (χ2n) is 12.6. The topological polar surface area (TPSA) is 82.2 Å². The lowest BCUT2D eigenvalue weighted by Gasteiger charge is -2.35. The first-order valence-corrected chi connectivity index (χ1v) is 14.5. The maximum absolute atomic E-state index is 14.1. The van der Waals surface area contributed by atoms with Crippen molar-refractivity contribution in [1.82, 2.24) is 15.1 Å². The summed E-state index contributed by atoms with van der Waals surface area (Å²) >= 11 is 0. The van der Waals surface area contributed by atoms with Gasteiger partial charge in [0.25, 0.3) is 5.91 Å². The molecule has 3 aliphatic heterocycles. The fraction of sp³-hybridized carbons (Fsp3) is 0.700. The molecule has 0 bridgehead atoms. The molecular formula is C30H44N4O4.